The van der Waals surface area contributed by atoms with Crippen LogP contribution in [0.25, 0.3) is 22.2 Å². The number of hydrogen-bond donors (Lipinski definition) is 1. The minimum Gasteiger partial charge on any atom is -0.489 e. The molecule has 2 heterocycles. The first-order valence-electron chi connectivity index (χ1n) is 11.9. The largest absolute Gasteiger partial charge is 0.489 e. The fraction of sp³-hybridized carbons (Fsp3) is 0.296. The molecule has 0 amide bonds. The van der Waals surface area contributed by atoms with Gasteiger partial charge in [0.25, 0.3) is 0 Å². The average molecular weight is 556 g/mol. The number of fused-ring (bicyclic) bond motifs is 1. The van der Waals surface area contributed by atoms with E-state index in [1.165, 1.54) is 17.6 Å². The summed E-state index contributed by atoms with van der Waals surface area (Å²) in [5, 5.41) is 3.14. The normalized spacial score (nSPS) is 12.3. The van der Waals surface area contributed by atoms with E-state index in [-0.39, 0.29) is 19.0 Å². The molecule has 200 valence electrons. The first-order chi connectivity index (χ1) is 18.0. The third-order valence-corrected chi connectivity index (χ3v) is 7.19. The molecule has 0 aliphatic heterocycles. The van der Waals surface area contributed by atoms with Gasteiger partial charge in [-0.2, -0.15) is 17.5 Å². The lowest BCUT2D eigenvalue weighted by Gasteiger charge is -2.17. The molecule has 0 aliphatic rings. The second-order valence-electron chi connectivity index (χ2n) is 9.49. The van der Waals surface area contributed by atoms with Crippen LogP contribution in [0.2, 0.25) is 0 Å². The van der Waals surface area contributed by atoms with E-state index in [0.29, 0.717) is 28.6 Å². The smallest absolute Gasteiger partial charge is 0.320 e. The van der Waals surface area contributed by atoms with Crippen molar-refractivity contribution in [2.45, 2.75) is 46.3 Å². The molecule has 11 heteroatoms. The standard InChI is InChI=1S/C27H29N3O6S2/c1-5-34-25(31)14-19-8-6-7-9-23(19)36-16-18-12-20-10-11-35-26(20)21(13-18)22-17-37-24(29-22)15-28-38(32,33)30-27(2,3)4/h6-13,15,17,30H,5,14,16H2,1-4H3/b28-15+. The van der Waals surface area contributed by atoms with Gasteiger partial charge in [-0.15, -0.1) is 11.3 Å². The molecule has 0 spiro atoms. The molecular weight excluding hydrogens is 526 g/mol. The number of benzene rings is 2. The van der Waals surface area contributed by atoms with Gasteiger partial charge in [-0.05, 0) is 57.5 Å². The van der Waals surface area contributed by atoms with Gasteiger partial charge >= 0.3 is 16.2 Å². The molecule has 0 unspecified atom stereocenters. The molecule has 0 atom stereocenters. The van der Waals surface area contributed by atoms with E-state index in [1.807, 2.05) is 47.8 Å². The molecule has 0 bridgehead atoms. The molecule has 4 aromatic rings. The second kappa shape index (κ2) is 11.5. The molecule has 9 nitrogen and oxygen atoms in total. The first-order valence-corrected chi connectivity index (χ1v) is 14.3. The Labute approximate surface area is 225 Å². The van der Waals surface area contributed by atoms with Crippen molar-refractivity contribution < 1.29 is 27.1 Å². The number of nitrogens with zero attached hydrogens (tertiary/aromatic N) is 2. The van der Waals surface area contributed by atoms with Crippen LogP contribution in [-0.2, 0) is 32.8 Å². The minimum atomic E-state index is -3.85. The number of furan rings is 1. The van der Waals surface area contributed by atoms with Gasteiger partial charge in [0.05, 0.1) is 31.2 Å². The predicted octanol–water partition coefficient (Wildman–Crippen LogP) is 5.29. The Morgan fingerprint density at radius 2 is 2.00 bits per heavy atom. The van der Waals surface area contributed by atoms with Gasteiger partial charge in [-0.1, -0.05) is 18.2 Å². The molecule has 0 saturated carbocycles. The number of ether oxygens (including phenoxy) is 2. The Kier molecular flexibility index (Phi) is 8.29. The number of esters is 1. The van der Waals surface area contributed by atoms with E-state index in [9.17, 15) is 13.2 Å². The summed E-state index contributed by atoms with van der Waals surface area (Å²) >= 11 is 1.27. The van der Waals surface area contributed by atoms with Crippen molar-refractivity contribution in [2.75, 3.05) is 6.61 Å². The fourth-order valence-electron chi connectivity index (χ4n) is 3.74. The summed E-state index contributed by atoms with van der Waals surface area (Å²) in [6.07, 6.45) is 2.96. The van der Waals surface area contributed by atoms with Crippen LogP contribution in [0.15, 0.2) is 62.9 Å². The Morgan fingerprint density at radius 3 is 2.76 bits per heavy atom. The number of carbonyl (C=O) groups excluding carboxylic acids is 1. The number of rotatable bonds is 10. The lowest BCUT2D eigenvalue weighted by molar-refractivity contribution is -0.142. The van der Waals surface area contributed by atoms with Crippen molar-refractivity contribution in [3.8, 4) is 17.0 Å². The zero-order chi connectivity index (χ0) is 27.3. The van der Waals surface area contributed by atoms with Crippen molar-refractivity contribution in [3.63, 3.8) is 0 Å². The van der Waals surface area contributed by atoms with Crippen molar-refractivity contribution in [1.82, 2.24) is 9.71 Å². The third-order valence-electron chi connectivity index (χ3n) is 5.15. The molecule has 1 N–H and O–H groups in total. The number of thiazole rings is 1. The summed E-state index contributed by atoms with van der Waals surface area (Å²) in [4.78, 5) is 16.5. The van der Waals surface area contributed by atoms with Gasteiger partial charge in [0.15, 0.2) is 0 Å². The van der Waals surface area contributed by atoms with Crippen LogP contribution in [0.4, 0.5) is 0 Å². The van der Waals surface area contributed by atoms with Gasteiger partial charge in [0.2, 0.25) is 0 Å². The highest BCUT2D eigenvalue weighted by Gasteiger charge is 2.19. The zero-order valence-corrected chi connectivity index (χ0v) is 23.2. The maximum atomic E-state index is 12.2. The summed E-state index contributed by atoms with van der Waals surface area (Å²) in [6.45, 7) is 7.57. The van der Waals surface area contributed by atoms with Crippen LogP contribution >= 0.6 is 11.3 Å². The van der Waals surface area contributed by atoms with Crippen LogP contribution < -0.4 is 9.46 Å². The summed E-state index contributed by atoms with van der Waals surface area (Å²) in [6, 6.07) is 13.1. The van der Waals surface area contributed by atoms with Crippen molar-refractivity contribution in [3.05, 3.63) is 70.2 Å². The molecule has 4 rings (SSSR count). The molecule has 0 saturated heterocycles. The van der Waals surface area contributed by atoms with E-state index in [2.05, 4.69) is 14.1 Å². The van der Waals surface area contributed by atoms with E-state index >= 15 is 0 Å². The molecule has 0 radical (unpaired) electrons. The highest BCUT2D eigenvalue weighted by Crippen LogP contribution is 2.32. The molecular formula is C27H29N3O6S2. The molecule has 38 heavy (non-hydrogen) atoms. The minimum absolute atomic E-state index is 0.125. The number of carbonyl (C=O) groups is 1. The van der Waals surface area contributed by atoms with Gasteiger partial charge in [-0.25, -0.2) is 4.98 Å². The molecule has 0 aliphatic carbocycles. The first kappa shape index (κ1) is 27.5. The Balaban J connectivity index is 1.56. The highest BCUT2D eigenvalue weighted by molar-refractivity contribution is 7.88. The van der Waals surface area contributed by atoms with Crippen LogP contribution in [-0.4, -0.2) is 37.7 Å². The highest BCUT2D eigenvalue weighted by atomic mass is 32.2. The third kappa shape index (κ3) is 7.27. The van der Waals surface area contributed by atoms with E-state index in [1.54, 1.807) is 34.0 Å². The lowest BCUT2D eigenvalue weighted by Crippen LogP contribution is -2.39. The maximum absolute atomic E-state index is 12.2. The quantitative estimate of drug-likeness (QED) is 0.208. The van der Waals surface area contributed by atoms with Crippen molar-refractivity contribution in [2.24, 2.45) is 4.40 Å². The van der Waals surface area contributed by atoms with Crippen LogP contribution in [0, 0.1) is 0 Å². The second-order valence-corrected chi connectivity index (χ2v) is 11.7. The van der Waals surface area contributed by atoms with Gasteiger partial charge in [0.1, 0.15) is 22.9 Å². The maximum Gasteiger partial charge on any atom is 0.320 e. The van der Waals surface area contributed by atoms with Gasteiger partial charge < -0.3 is 13.9 Å². The predicted molar refractivity (Wildman–Crippen MR) is 148 cm³/mol. The lowest BCUT2D eigenvalue weighted by atomic mass is 10.1. The molecule has 2 aromatic carbocycles. The van der Waals surface area contributed by atoms with E-state index in [0.717, 1.165) is 22.1 Å². The Hall–Kier alpha value is -3.54. The monoisotopic (exact) mass is 555 g/mol. The van der Waals surface area contributed by atoms with Crippen LogP contribution in [0.5, 0.6) is 5.75 Å². The number of hydrogen-bond acceptors (Lipinski definition) is 8. The van der Waals surface area contributed by atoms with Crippen molar-refractivity contribution >= 4 is 44.7 Å². The summed E-state index contributed by atoms with van der Waals surface area (Å²) in [5.74, 6) is 0.294. The van der Waals surface area contributed by atoms with Gasteiger partial charge in [-0.3, -0.25) is 4.79 Å². The Morgan fingerprint density at radius 1 is 1.21 bits per heavy atom. The number of para-hydroxylation sites is 1. The average Bonchev–Trinajstić information content (AvgIpc) is 3.50. The number of nitrogens with one attached hydrogen (secondary N) is 1. The SMILES string of the molecule is CCOC(=O)Cc1ccccc1OCc1cc(-c2csc(/C=N/S(=O)(=O)NC(C)(C)C)n2)c2occc2c1. The Bertz CT molecular complexity index is 1560. The topological polar surface area (TPSA) is 120 Å². The molecule has 2 aromatic heterocycles. The van der Waals surface area contributed by atoms with E-state index < -0.39 is 15.7 Å². The van der Waals surface area contributed by atoms with Crippen LogP contribution in [0.1, 0.15) is 43.8 Å². The van der Waals surface area contributed by atoms with Crippen LogP contribution in [0.3, 0.4) is 0 Å². The summed E-state index contributed by atoms with van der Waals surface area (Å²) in [7, 11) is -3.85. The van der Waals surface area contributed by atoms with Gasteiger partial charge in [0, 0.05) is 27.4 Å². The summed E-state index contributed by atoms with van der Waals surface area (Å²) < 4.78 is 47.5. The summed E-state index contributed by atoms with van der Waals surface area (Å²) in [5.41, 5.74) is 3.01. The molecule has 0 fully saturated rings. The zero-order valence-electron chi connectivity index (χ0n) is 21.6. The number of aromatic nitrogens is 1. The van der Waals surface area contributed by atoms with Crippen molar-refractivity contribution in [1.29, 1.82) is 0 Å². The fourth-order valence-corrected chi connectivity index (χ4v) is 5.54. The van der Waals surface area contributed by atoms with E-state index in [4.69, 9.17) is 13.9 Å².